The highest BCUT2D eigenvalue weighted by Gasteiger charge is 2.34. The number of carbonyl (C=O) groups excluding carboxylic acids is 2. The van der Waals surface area contributed by atoms with E-state index in [-0.39, 0.29) is 11.5 Å². The molecule has 0 saturated heterocycles. The lowest BCUT2D eigenvalue weighted by Gasteiger charge is -2.39. The summed E-state index contributed by atoms with van der Waals surface area (Å²) in [5.41, 5.74) is 4.94. The van der Waals surface area contributed by atoms with E-state index in [4.69, 9.17) is 10.8 Å². The van der Waals surface area contributed by atoms with Gasteiger partial charge in [-0.2, -0.15) is 0 Å². The predicted octanol–water partition coefficient (Wildman–Crippen LogP) is 0.583. The molecule has 114 valence electrons. The second-order valence-corrected chi connectivity index (χ2v) is 5.97. The number of hydrogen-bond donors (Lipinski definition) is 4. The summed E-state index contributed by atoms with van der Waals surface area (Å²) < 4.78 is 0. The van der Waals surface area contributed by atoms with E-state index in [1.165, 1.54) is 0 Å². The Hall–Kier alpha value is -1.79. The lowest BCUT2D eigenvalue weighted by Crippen LogP contribution is -2.54. The first-order chi connectivity index (χ1) is 9.22. The minimum absolute atomic E-state index is 0.000673. The molecule has 20 heavy (non-hydrogen) atoms. The number of nitrogens with one attached hydrogen (secondary N) is 2. The fraction of sp³-hybridized carbons (Fsp3) is 0.769. The predicted molar refractivity (Wildman–Crippen MR) is 72.9 cm³/mol. The van der Waals surface area contributed by atoms with Crippen molar-refractivity contribution in [3.63, 3.8) is 0 Å². The van der Waals surface area contributed by atoms with E-state index in [1.54, 1.807) is 0 Å². The maximum Gasteiger partial charge on any atom is 0.326 e. The van der Waals surface area contributed by atoms with Crippen LogP contribution in [0.5, 0.6) is 0 Å². The van der Waals surface area contributed by atoms with Gasteiger partial charge in [0.2, 0.25) is 5.91 Å². The van der Waals surface area contributed by atoms with Crippen LogP contribution in [0.4, 0.5) is 4.79 Å². The zero-order valence-corrected chi connectivity index (χ0v) is 11.9. The van der Waals surface area contributed by atoms with Gasteiger partial charge < -0.3 is 21.5 Å². The SMILES string of the molecule is CC1(C)CCCCC1NC(=O)NC(CC(N)=O)C(=O)O. The van der Waals surface area contributed by atoms with Gasteiger partial charge in [0.1, 0.15) is 6.04 Å². The average molecular weight is 285 g/mol. The maximum atomic E-state index is 11.9. The molecule has 0 aromatic carbocycles. The molecule has 0 aromatic rings. The van der Waals surface area contributed by atoms with Crippen LogP contribution in [-0.2, 0) is 9.59 Å². The molecule has 0 heterocycles. The van der Waals surface area contributed by atoms with Crippen LogP contribution in [0.1, 0.15) is 46.0 Å². The number of rotatable bonds is 5. The normalized spacial score (nSPS) is 22.6. The smallest absolute Gasteiger partial charge is 0.326 e. The van der Waals surface area contributed by atoms with Crippen molar-refractivity contribution in [1.82, 2.24) is 10.6 Å². The van der Waals surface area contributed by atoms with E-state index in [9.17, 15) is 14.4 Å². The molecule has 0 aromatic heterocycles. The molecular weight excluding hydrogens is 262 g/mol. The molecule has 7 nitrogen and oxygen atoms in total. The van der Waals surface area contributed by atoms with Crippen LogP contribution in [-0.4, -0.2) is 35.1 Å². The number of hydrogen-bond acceptors (Lipinski definition) is 3. The van der Waals surface area contributed by atoms with Gasteiger partial charge in [-0.15, -0.1) is 0 Å². The number of primary amides is 1. The Labute approximate surface area is 118 Å². The van der Waals surface area contributed by atoms with Crippen molar-refractivity contribution in [2.24, 2.45) is 11.1 Å². The second-order valence-electron chi connectivity index (χ2n) is 5.97. The third-order valence-electron chi connectivity index (χ3n) is 3.82. The molecule has 0 bridgehead atoms. The fourth-order valence-corrected chi connectivity index (χ4v) is 2.52. The zero-order valence-electron chi connectivity index (χ0n) is 11.9. The quantitative estimate of drug-likeness (QED) is 0.590. The van der Waals surface area contributed by atoms with Crippen LogP contribution < -0.4 is 16.4 Å². The largest absolute Gasteiger partial charge is 0.480 e. The summed E-state index contributed by atoms with van der Waals surface area (Å²) in [5.74, 6) is -2.04. The van der Waals surface area contributed by atoms with Gasteiger partial charge >= 0.3 is 12.0 Å². The molecular formula is C13H23N3O4. The number of carbonyl (C=O) groups is 3. The van der Waals surface area contributed by atoms with Gasteiger partial charge in [0.05, 0.1) is 6.42 Å². The van der Waals surface area contributed by atoms with Gasteiger partial charge in [-0.1, -0.05) is 26.7 Å². The molecule has 0 radical (unpaired) electrons. The summed E-state index contributed by atoms with van der Waals surface area (Å²) in [7, 11) is 0. The topological polar surface area (TPSA) is 122 Å². The Morgan fingerprint density at radius 2 is 2.00 bits per heavy atom. The summed E-state index contributed by atoms with van der Waals surface area (Å²) in [6, 6.07) is -1.86. The summed E-state index contributed by atoms with van der Waals surface area (Å²) in [6.45, 7) is 4.16. The van der Waals surface area contributed by atoms with Gasteiger partial charge in [-0.25, -0.2) is 9.59 Å². The van der Waals surface area contributed by atoms with E-state index in [1.807, 2.05) is 0 Å². The third-order valence-corrected chi connectivity index (χ3v) is 3.82. The first-order valence-electron chi connectivity index (χ1n) is 6.80. The van der Waals surface area contributed by atoms with Crippen LogP contribution in [0.3, 0.4) is 0 Å². The van der Waals surface area contributed by atoms with Crippen LogP contribution in [0, 0.1) is 5.41 Å². The molecule has 2 atom stereocenters. The van der Waals surface area contributed by atoms with Crippen molar-refractivity contribution < 1.29 is 19.5 Å². The van der Waals surface area contributed by atoms with Crippen molar-refractivity contribution in [3.05, 3.63) is 0 Å². The summed E-state index contributed by atoms with van der Waals surface area (Å²) in [6.07, 6.45) is 3.64. The number of nitrogens with two attached hydrogens (primary N) is 1. The highest BCUT2D eigenvalue weighted by Crippen LogP contribution is 2.35. The molecule has 2 unspecified atom stereocenters. The van der Waals surface area contributed by atoms with Gasteiger partial charge in [-0.3, -0.25) is 4.79 Å². The van der Waals surface area contributed by atoms with Crippen molar-refractivity contribution in [1.29, 1.82) is 0 Å². The van der Waals surface area contributed by atoms with Crippen molar-refractivity contribution in [2.75, 3.05) is 0 Å². The molecule has 7 heteroatoms. The van der Waals surface area contributed by atoms with Gasteiger partial charge in [0.25, 0.3) is 0 Å². The van der Waals surface area contributed by atoms with E-state index in [0.717, 1.165) is 25.7 Å². The minimum Gasteiger partial charge on any atom is -0.480 e. The van der Waals surface area contributed by atoms with Gasteiger partial charge in [0, 0.05) is 6.04 Å². The van der Waals surface area contributed by atoms with Crippen LogP contribution in [0.25, 0.3) is 0 Å². The molecule has 1 aliphatic rings. The first-order valence-corrected chi connectivity index (χ1v) is 6.80. The Bertz CT molecular complexity index is 395. The first kappa shape index (κ1) is 16.3. The second kappa shape index (κ2) is 6.58. The summed E-state index contributed by atoms with van der Waals surface area (Å²) in [4.78, 5) is 33.6. The standard InChI is InChI=1S/C13H23N3O4/c1-13(2)6-4-3-5-9(13)16-12(20)15-8(11(18)19)7-10(14)17/h8-9H,3-7H2,1-2H3,(H2,14,17)(H,18,19)(H2,15,16,20). The Kier molecular flexibility index (Phi) is 5.35. The lowest BCUT2D eigenvalue weighted by molar-refractivity contribution is -0.140. The molecule has 1 fully saturated rings. The van der Waals surface area contributed by atoms with Crippen molar-refractivity contribution in [2.45, 2.75) is 58.0 Å². The molecule has 1 aliphatic carbocycles. The summed E-state index contributed by atoms with van der Waals surface area (Å²) >= 11 is 0. The van der Waals surface area contributed by atoms with Crippen LogP contribution in [0.2, 0.25) is 0 Å². The molecule has 3 amide bonds. The van der Waals surface area contributed by atoms with Gasteiger partial charge in [0.15, 0.2) is 0 Å². The number of carboxylic acid groups (broad SMARTS) is 1. The molecule has 5 N–H and O–H groups in total. The van der Waals surface area contributed by atoms with Crippen LogP contribution >= 0.6 is 0 Å². The zero-order chi connectivity index (χ0) is 15.3. The highest BCUT2D eigenvalue weighted by molar-refractivity contribution is 5.87. The highest BCUT2D eigenvalue weighted by atomic mass is 16.4. The molecule has 0 aliphatic heterocycles. The van der Waals surface area contributed by atoms with Gasteiger partial charge in [-0.05, 0) is 18.3 Å². The number of amides is 3. The Balaban J connectivity index is 2.56. The summed E-state index contributed by atoms with van der Waals surface area (Å²) in [5, 5.41) is 14.0. The number of aliphatic carboxylic acids is 1. The van der Waals surface area contributed by atoms with E-state index < -0.39 is 30.4 Å². The van der Waals surface area contributed by atoms with E-state index in [0.29, 0.717) is 0 Å². The third kappa shape index (κ3) is 4.71. The minimum atomic E-state index is -1.29. The van der Waals surface area contributed by atoms with Crippen molar-refractivity contribution in [3.8, 4) is 0 Å². The maximum absolute atomic E-state index is 11.9. The Morgan fingerprint density at radius 3 is 2.50 bits per heavy atom. The van der Waals surface area contributed by atoms with E-state index >= 15 is 0 Å². The average Bonchev–Trinajstić information content (AvgIpc) is 2.30. The Morgan fingerprint density at radius 1 is 1.35 bits per heavy atom. The molecule has 0 spiro atoms. The lowest BCUT2D eigenvalue weighted by atomic mass is 9.73. The van der Waals surface area contributed by atoms with Crippen LogP contribution in [0.15, 0.2) is 0 Å². The monoisotopic (exact) mass is 285 g/mol. The molecule has 1 saturated carbocycles. The molecule has 1 rings (SSSR count). The number of carboxylic acids is 1. The fourth-order valence-electron chi connectivity index (χ4n) is 2.52. The van der Waals surface area contributed by atoms with E-state index in [2.05, 4.69) is 24.5 Å². The van der Waals surface area contributed by atoms with Crippen molar-refractivity contribution >= 4 is 17.9 Å². The number of urea groups is 1.